The van der Waals surface area contributed by atoms with Gasteiger partial charge in [-0.2, -0.15) is 4.98 Å². The summed E-state index contributed by atoms with van der Waals surface area (Å²) in [5, 5.41) is 22.6. The molecule has 4 aromatic rings. The lowest BCUT2D eigenvalue weighted by atomic mass is 9.93. The molecule has 1 aliphatic rings. The number of pyridine rings is 1. The zero-order chi connectivity index (χ0) is 24.5. The minimum absolute atomic E-state index is 0.113. The van der Waals surface area contributed by atoms with Gasteiger partial charge in [0.1, 0.15) is 6.04 Å². The standard InChI is InChI=1S/C25H21N7O3/c1-15-7-5-8-17(13-15)23-29-25-27-16(2)21(24(33)28-18-9-6-12-26-14-18)22(31(25)30-23)19-10-3-4-11-20(19)32(34)35/h3-14,22H,1-2H3,(H,28,33)(H,27,29,30). The van der Waals surface area contributed by atoms with Crippen LogP contribution in [0.3, 0.4) is 0 Å². The molecular formula is C25H21N7O3. The molecule has 10 heteroatoms. The van der Waals surface area contributed by atoms with Crippen molar-refractivity contribution in [1.82, 2.24) is 19.7 Å². The van der Waals surface area contributed by atoms with E-state index in [1.165, 1.54) is 16.9 Å². The fourth-order valence-electron chi connectivity index (χ4n) is 4.16. The lowest BCUT2D eigenvalue weighted by Gasteiger charge is -2.28. The summed E-state index contributed by atoms with van der Waals surface area (Å²) in [6, 6.07) is 16.6. The summed E-state index contributed by atoms with van der Waals surface area (Å²) in [5.74, 6) is 0.408. The van der Waals surface area contributed by atoms with E-state index in [1.807, 2.05) is 31.2 Å². The van der Waals surface area contributed by atoms with Gasteiger partial charge < -0.3 is 10.6 Å². The summed E-state index contributed by atoms with van der Waals surface area (Å²) >= 11 is 0. The van der Waals surface area contributed by atoms with E-state index in [4.69, 9.17) is 0 Å². The molecule has 2 N–H and O–H groups in total. The molecule has 0 bridgehead atoms. The molecule has 1 amide bonds. The Morgan fingerprint density at radius 2 is 1.94 bits per heavy atom. The Bertz CT molecular complexity index is 1480. The highest BCUT2D eigenvalue weighted by molar-refractivity contribution is 6.06. The fourth-order valence-corrected chi connectivity index (χ4v) is 4.16. The van der Waals surface area contributed by atoms with Crippen molar-refractivity contribution in [3.8, 4) is 11.4 Å². The number of carbonyl (C=O) groups is 1. The maximum Gasteiger partial charge on any atom is 0.275 e. The second-order valence-corrected chi connectivity index (χ2v) is 8.15. The smallest absolute Gasteiger partial charge is 0.275 e. The maximum absolute atomic E-state index is 13.5. The molecule has 0 radical (unpaired) electrons. The van der Waals surface area contributed by atoms with Crippen LogP contribution in [-0.2, 0) is 4.79 Å². The van der Waals surface area contributed by atoms with Crippen LogP contribution in [0.5, 0.6) is 0 Å². The fraction of sp³-hybridized carbons (Fsp3) is 0.120. The monoisotopic (exact) mass is 467 g/mol. The van der Waals surface area contributed by atoms with E-state index < -0.39 is 16.9 Å². The number of allylic oxidation sites excluding steroid dienone is 1. The average molecular weight is 467 g/mol. The molecule has 2 aromatic heterocycles. The van der Waals surface area contributed by atoms with Gasteiger partial charge >= 0.3 is 0 Å². The number of hydrogen-bond acceptors (Lipinski definition) is 7. The Hall–Kier alpha value is -4.86. The number of fused-ring (bicyclic) bond motifs is 1. The minimum atomic E-state index is -0.879. The van der Waals surface area contributed by atoms with Gasteiger partial charge in [-0.1, -0.05) is 35.9 Å². The van der Waals surface area contributed by atoms with Crippen LogP contribution in [-0.4, -0.2) is 30.6 Å². The number of rotatable bonds is 5. The number of nitrogens with one attached hydrogen (secondary N) is 2. The molecule has 0 saturated carbocycles. The number of amides is 1. The zero-order valence-electron chi connectivity index (χ0n) is 19.0. The summed E-state index contributed by atoms with van der Waals surface area (Å²) in [6.45, 7) is 3.71. The molecule has 3 heterocycles. The van der Waals surface area contributed by atoms with Gasteiger partial charge in [-0.05, 0) is 38.1 Å². The van der Waals surface area contributed by atoms with Crippen LogP contribution in [0.15, 0.2) is 84.3 Å². The lowest BCUT2D eigenvalue weighted by Crippen LogP contribution is -2.32. The predicted octanol–water partition coefficient (Wildman–Crippen LogP) is 4.48. The second kappa shape index (κ2) is 8.82. The second-order valence-electron chi connectivity index (χ2n) is 8.15. The molecule has 1 aliphatic heterocycles. The van der Waals surface area contributed by atoms with Gasteiger partial charge in [0, 0.05) is 23.5 Å². The van der Waals surface area contributed by atoms with E-state index in [0.717, 1.165) is 11.1 Å². The van der Waals surface area contributed by atoms with Crippen LogP contribution < -0.4 is 10.6 Å². The maximum atomic E-state index is 13.5. The van der Waals surface area contributed by atoms with Gasteiger partial charge in [-0.15, -0.1) is 5.10 Å². The number of benzene rings is 2. The molecule has 1 unspecified atom stereocenters. The quantitative estimate of drug-likeness (QED) is 0.327. The Morgan fingerprint density at radius 3 is 2.69 bits per heavy atom. The van der Waals surface area contributed by atoms with Crippen molar-refractivity contribution in [1.29, 1.82) is 0 Å². The third kappa shape index (κ3) is 4.12. The molecule has 2 aromatic carbocycles. The molecule has 0 saturated heterocycles. The Kier molecular flexibility index (Phi) is 5.54. The molecule has 10 nitrogen and oxygen atoms in total. The third-order valence-corrected chi connectivity index (χ3v) is 5.72. The first kappa shape index (κ1) is 22.0. The van der Waals surface area contributed by atoms with E-state index in [1.54, 1.807) is 43.5 Å². The predicted molar refractivity (Wildman–Crippen MR) is 131 cm³/mol. The van der Waals surface area contributed by atoms with E-state index in [2.05, 4.69) is 25.7 Å². The highest BCUT2D eigenvalue weighted by Crippen LogP contribution is 2.40. The number of nitrogens with zero attached hydrogens (tertiary/aromatic N) is 5. The van der Waals surface area contributed by atoms with Gasteiger partial charge in [0.15, 0.2) is 5.82 Å². The third-order valence-electron chi connectivity index (χ3n) is 5.72. The molecule has 5 rings (SSSR count). The molecule has 0 fully saturated rings. The first-order valence-electron chi connectivity index (χ1n) is 10.9. The first-order chi connectivity index (χ1) is 16.9. The van der Waals surface area contributed by atoms with Gasteiger partial charge in [0.25, 0.3) is 11.6 Å². The largest absolute Gasteiger partial charge is 0.328 e. The lowest BCUT2D eigenvalue weighted by molar-refractivity contribution is -0.385. The average Bonchev–Trinajstić information content (AvgIpc) is 3.27. The molecule has 0 aliphatic carbocycles. The Labute approximate surface area is 200 Å². The van der Waals surface area contributed by atoms with E-state index >= 15 is 0 Å². The Morgan fingerprint density at radius 1 is 1.11 bits per heavy atom. The number of aromatic nitrogens is 4. The van der Waals surface area contributed by atoms with Gasteiger partial charge in [0.05, 0.1) is 27.9 Å². The number of anilines is 2. The van der Waals surface area contributed by atoms with Crippen molar-refractivity contribution in [3.63, 3.8) is 0 Å². The van der Waals surface area contributed by atoms with Crippen LogP contribution in [0.25, 0.3) is 11.4 Å². The number of nitro groups is 1. The number of hydrogen-bond donors (Lipinski definition) is 2. The molecule has 35 heavy (non-hydrogen) atoms. The van der Waals surface area contributed by atoms with Gasteiger partial charge in [0.2, 0.25) is 5.95 Å². The number of aryl methyl sites for hydroxylation is 1. The van der Waals surface area contributed by atoms with Crippen LogP contribution in [0, 0.1) is 17.0 Å². The highest BCUT2D eigenvalue weighted by atomic mass is 16.6. The number of carbonyl (C=O) groups excluding carboxylic acids is 1. The molecule has 174 valence electrons. The molecule has 0 spiro atoms. The SMILES string of the molecule is CC1=C(C(=O)Nc2cccnc2)C(c2ccccc2[N+](=O)[O-])n2nc(-c3cccc(C)c3)nc2N1. The highest BCUT2D eigenvalue weighted by Gasteiger charge is 2.37. The number of para-hydroxylation sites is 1. The normalized spacial score (nSPS) is 14.7. The summed E-state index contributed by atoms with van der Waals surface area (Å²) in [4.78, 5) is 33.6. The summed E-state index contributed by atoms with van der Waals surface area (Å²) in [5.41, 5.74) is 3.37. The first-order valence-corrected chi connectivity index (χ1v) is 10.9. The van der Waals surface area contributed by atoms with Crippen molar-refractivity contribution in [3.05, 3.63) is 106 Å². The van der Waals surface area contributed by atoms with Crippen molar-refractivity contribution in [2.45, 2.75) is 19.9 Å². The van der Waals surface area contributed by atoms with Gasteiger partial charge in [-0.25, -0.2) is 4.68 Å². The van der Waals surface area contributed by atoms with E-state index in [0.29, 0.717) is 28.7 Å². The van der Waals surface area contributed by atoms with Crippen LogP contribution in [0.2, 0.25) is 0 Å². The van der Waals surface area contributed by atoms with Gasteiger partial charge in [-0.3, -0.25) is 19.9 Å². The topological polar surface area (TPSA) is 128 Å². The zero-order valence-corrected chi connectivity index (χ0v) is 19.0. The van der Waals surface area contributed by atoms with E-state index in [-0.39, 0.29) is 11.3 Å². The van der Waals surface area contributed by atoms with Crippen molar-refractivity contribution in [2.75, 3.05) is 10.6 Å². The van der Waals surface area contributed by atoms with E-state index in [9.17, 15) is 14.9 Å². The van der Waals surface area contributed by atoms with Crippen LogP contribution >= 0.6 is 0 Å². The summed E-state index contributed by atoms with van der Waals surface area (Å²) in [7, 11) is 0. The minimum Gasteiger partial charge on any atom is -0.328 e. The number of nitro benzene ring substituents is 1. The summed E-state index contributed by atoms with van der Waals surface area (Å²) in [6.07, 6.45) is 3.13. The van der Waals surface area contributed by atoms with Crippen LogP contribution in [0.1, 0.15) is 24.1 Å². The molecule has 1 atom stereocenters. The molecular weight excluding hydrogens is 446 g/mol. The van der Waals surface area contributed by atoms with Crippen LogP contribution in [0.4, 0.5) is 17.3 Å². The Balaban J connectivity index is 1.67. The van der Waals surface area contributed by atoms with Crippen molar-refractivity contribution in [2.24, 2.45) is 0 Å². The summed E-state index contributed by atoms with van der Waals surface area (Å²) < 4.78 is 1.53. The van der Waals surface area contributed by atoms with Crippen molar-refractivity contribution >= 4 is 23.2 Å². The van der Waals surface area contributed by atoms with Crippen molar-refractivity contribution < 1.29 is 9.72 Å².